The summed E-state index contributed by atoms with van der Waals surface area (Å²) in [6, 6.07) is 22.9. The minimum Gasteiger partial charge on any atom is -0.355 e. The summed E-state index contributed by atoms with van der Waals surface area (Å²) >= 11 is 0. The van der Waals surface area contributed by atoms with E-state index in [1.807, 2.05) is 68.4 Å². The number of hydrogen-bond donors (Lipinski definition) is 1. The molecule has 0 aliphatic carbocycles. The number of likely N-dealkylation sites (N-methyl/N-ethyl adjacent to an activating group) is 1. The van der Waals surface area contributed by atoms with E-state index in [9.17, 15) is 14.0 Å². The summed E-state index contributed by atoms with van der Waals surface area (Å²) < 4.78 is 13.3. The van der Waals surface area contributed by atoms with E-state index in [0.29, 0.717) is 25.1 Å². The highest BCUT2D eigenvalue weighted by molar-refractivity contribution is 5.88. The minimum atomic E-state index is -0.661. The Balaban J connectivity index is 1.94. The number of benzene rings is 3. The molecule has 3 aromatic rings. The van der Waals surface area contributed by atoms with E-state index in [0.717, 1.165) is 16.7 Å². The highest BCUT2D eigenvalue weighted by Gasteiger charge is 2.30. The van der Waals surface area contributed by atoms with E-state index in [1.54, 1.807) is 17.0 Å². The second-order valence-electron chi connectivity index (χ2n) is 7.91. The fourth-order valence-corrected chi connectivity index (χ4v) is 3.73. The first-order valence-corrected chi connectivity index (χ1v) is 10.9. The van der Waals surface area contributed by atoms with Crippen molar-refractivity contribution in [1.82, 2.24) is 10.2 Å². The molecule has 2 amide bonds. The van der Waals surface area contributed by atoms with Crippen molar-refractivity contribution in [2.24, 2.45) is 0 Å². The number of amides is 2. The normalized spacial score (nSPS) is 11.6. The molecule has 1 N–H and O–H groups in total. The van der Waals surface area contributed by atoms with Gasteiger partial charge in [-0.1, -0.05) is 72.3 Å². The molecule has 4 nitrogen and oxygen atoms in total. The maximum Gasteiger partial charge on any atom is 0.243 e. The molecular weight excluding hydrogens is 403 g/mol. The first kappa shape index (κ1) is 23.2. The van der Waals surface area contributed by atoms with Gasteiger partial charge >= 0.3 is 0 Å². The molecule has 0 fully saturated rings. The van der Waals surface area contributed by atoms with Crippen molar-refractivity contribution in [3.8, 4) is 0 Å². The molecule has 166 valence electrons. The standard InChI is InChI=1S/C27H29FN2O2/c1-3-29-27(32)25(17-21-9-5-4-6-10-21)30(19-23-11-7-8-20(2)16-23)26(31)18-22-12-14-24(28)15-13-22/h4-16,25H,3,17-19H2,1-2H3,(H,29,32)/t25-/m0/s1. The molecule has 0 spiro atoms. The van der Waals surface area contributed by atoms with Crippen LogP contribution in [0.1, 0.15) is 29.2 Å². The summed E-state index contributed by atoms with van der Waals surface area (Å²) in [4.78, 5) is 28.2. The lowest BCUT2D eigenvalue weighted by atomic mass is 10.0. The third-order valence-corrected chi connectivity index (χ3v) is 5.33. The van der Waals surface area contributed by atoms with Gasteiger partial charge in [-0.2, -0.15) is 0 Å². The molecule has 0 radical (unpaired) electrons. The Morgan fingerprint density at radius 1 is 0.906 bits per heavy atom. The van der Waals surface area contributed by atoms with Crippen molar-refractivity contribution < 1.29 is 14.0 Å². The molecule has 0 aliphatic heterocycles. The van der Waals surface area contributed by atoms with Crippen LogP contribution >= 0.6 is 0 Å². The average Bonchev–Trinajstić information content (AvgIpc) is 2.78. The maximum atomic E-state index is 13.5. The molecule has 0 unspecified atom stereocenters. The number of nitrogens with zero attached hydrogens (tertiary/aromatic N) is 1. The predicted octanol–water partition coefficient (Wildman–Crippen LogP) is 4.45. The fraction of sp³-hybridized carbons (Fsp3) is 0.259. The van der Waals surface area contributed by atoms with Gasteiger partial charge in [0.25, 0.3) is 0 Å². The average molecular weight is 433 g/mol. The SMILES string of the molecule is CCNC(=O)[C@H](Cc1ccccc1)N(Cc1cccc(C)c1)C(=O)Cc1ccc(F)cc1. The van der Waals surface area contributed by atoms with Gasteiger partial charge in [0.2, 0.25) is 11.8 Å². The molecule has 1 atom stereocenters. The van der Waals surface area contributed by atoms with Crippen LogP contribution in [0.2, 0.25) is 0 Å². The monoisotopic (exact) mass is 432 g/mol. The third-order valence-electron chi connectivity index (χ3n) is 5.33. The molecule has 3 rings (SSSR count). The molecule has 5 heteroatoms. The molecule has 3 aromatic carbocycles. The van der Waals surface area contributed by atoms with Crippen LogP contribution in [0.25, 0.3) is 0 Å². The van der Waals surface area contributed by atoms with Gasteiger partial charge in [0.1, 0.15) is 11.9 Å². The van der Waals surface area contributed by atoms with Crippen LogP contribution in [0.15, 0.2) is 78.9 Å². The second kappa shape index (κ2) is 11.2. The van der Waals surface area contributed by atoms with Crippen LogP contribution in [0, 0.1) is 12.7 Å². The van der Waals surface area contributed by atoms with E-state index in [4.69, 9.17) is 0 Å². The predicted molar refractivity (Wildman–Crippen MR) is 124 cm³/mol. The Morgan fingerprint density at radius 2 is 1.59 bits per heavy atom. The van der Waals surface area contributed by atoms with E-state index in [1.165, 1.54) is 12.1 Å². The number of carbonyl (C=O) groups excluding carboxylic acids is 2. The van der Waals surface area contributed by atoms with Gasteiger partial charge in [-0.3, -0.25) is 9.59 Å². The minimum absolute atomic E-state index is 0.0940. The smallest absolute Gasteiger partial charge is 0.243 e. The number of nitrogens with one attached hydrogen (secondary N) is 1. The number of halogens is 1. The molecule has 0 bridgehead atoms. The van der Waals surface area contributed by atoms with Gasteiger partial charge < -0.3 is 10.2 Å². The van der Waals surface area contributed by atoms with Crippen molar-refractivity contribution in [1.29, 1.82) is 0 Å². The van der Waals surface area contributed by atoms with Gasteiger partial charge in [0.15, 0.2) is 0 Å². The highest BCUT2D eigenvalue weighted by Crippen LogP contribution is 2.17. The Morgan fingerprint density at radius 3 is 2.25 bits per heavy atom. The Labute approximate surface area is 189 Å². The van der Waals surface area contributed by atoms with Crippen molar-refractivity contribution in [3.05, 3.63) is 107 Å². The summed E-state index contributed by atoms with van der Waals surface area (Å²) in [6.45, 7) is 4.66. The van der Waals surface area contributed by atoms with Crippen molar-refractivity contribution in [2.75, 3.05) is 6.54 Å². The molecule has 0 saturated heterocycles. The number of carbonyl (C=O) groups is 2. The quantitative estimate of drug-likeness (QED) is 0.543. The lowest BCUT2D eigenvalue weighted by molar-refractivity contribution is -0.140. The van der Waals surface area contributed by atoms with E-state index >= 15 is 0 Å². The Kier molecular flexibility index (Phi) is 8.14. The summed E-state index contributed by atoms with van der Waals surface area (Å²) in [5.41, 5.74) is 3.73. The van der Waals surface area contributed by atoms with Gasteiger partial charge in [-0.15, -0.1) is 0 Å². The number of hydrogen-bond acceptors (Lipinski definition) is 2. The summed E-state index contributed by atoms with van der Waals surface area (Å²) in [5.74, 6) is -0.705. The Bertz CT molecular complexity index is 1040. The molecule has 0 heterocycles. The van der Waals surface area contributed by atoms with Crippen LogP contribution in [0.3, 0.4) is 0 Å². The van der Waals surface area contributed by atoms with Crippen LogP contribution < -0.4 is 5.32 Å². The van der Waals surface area contributed by atoms with Crippen LogP contribution in [-0.2, 0) is 29.0 Å². The zero-order valence-corrected chi connectivity index (χ0v) is 18.6. The van der Waals surface area contributed by atoms with Gasteiger partial charge in [0, 0.05) is 19.5 Å². The molecular formula is C27H29FN2O2. The molecule has 0 saturated carbocycles. The maximum absolute atomic E-state index is 13.5. The zero-order chi connectivity index (χ0) is 22.9. The van der Waals surface area contributed by atoms with Crippen molar-refractivity contribution in [3.63, 3.8) is 0 Å². The van der Waals surface area contributed by atoms with Gasteiger partial charge in [-0.05, 0) is 42.7 Å². The largest absolute Gasteiger partial charge is 0.355 e. The second-order valence-corrected chi connectivity index (χ2v) is 7.91. The van der Waals surface area contributed by atoms with Crippen molar-refractivity contribution >= 4 is 11.8 Å². The zero-order valence-electron chi connectivity index (χ0n) is 18.6. The topological polar surface area (TPSA) is 49.4 Å². The Hall–Kier alpha value is -3.47. The van der Waals surface area contributed by atoms with E-state index in [-0.39, 0.29) is 24.1 Å². The lowest BCUT2D eigenvalue weighted by Crippen LogP contribution is -2.50. The van der Waals surface area contributed by atoms with Gasteiger partial charge in [-0.25, -0.2) is 4.39 Å². The van der Waals surface area contributed by atoms with Crippen LogP contribution in [-0.4, -0.2) is 29.3 Å². The molecule has 0 aromatic heterocycles. The van der Waals surface area contributed by atoms with Gasteiger partial charge in [0.05, 0.1) is 6.42 Å². The summed E-state index contributed by atoms with van der Waals surface area (Å²) in [5, 5.41) is 2.89. The molecule has 32 heavy (non-hydrogen) atoms. The fourth-order valence-electron chi connectivity index (χ4n) is 3.73. The third kappa shape index (κ3) is 6.51. The number of rotatable bonds is 9. The van der Waals surface area contributed by atoms with Crippen LogP contribution in [0.5, 0.6) is 0 Å². The summed E-state index contributed by atoms with van der Waals surface area (Å²) in [7, 11) is 0. The van der Waals surface area contributed by atoms with Crippen LogP contribution in [0.4, 0.5) is 4.39 Å². The lowest BCUT2D eigenvalue weighted by Gasteiger charge is -2.31. The number of aryl methyl sites for hydroxylation is 1. The first-order chi connectivity index (χ1) is 15.5. The van der Waals surface area contributed by atoms with E-state index in [2.05, 4.69) is 5.32 Å². The van der Waals surface area contributed by atoms with Crippen molar-refractivity contribution in [2.45, 2.75) is 39.3 Å². The highest BCUT2D eigenvalue weighted by atomic mass is 19.1. The molecule has 0 aliphatic rings. The van der Waals surface area contributed by atoms with E-state index < -0.39 is 6.04 Å². The summed E-state index contributed by atoms with van der Waals surface area (Å²) in [6.07, 6.45) is 0.504. The first-order valence-electron chi connectivity index (χ1n) is 10.9.